The summed E-state index contributed by atoms with van der Waals surface area (Å²) >= 11 is 0. The molecular formula is C20H23N3O5. The number of non-ortho nitro benzene ring substituents is 1. The summed E-state index contributed by atoms with van der Waals surface area (Å²) in [5.41, 5.74) is 1.09. The van der Waals surface area contributed by atoms with Gasteiger partial charge in [-0.25, -0.2) is 0 Å². The van der Waals surface area contributed by atoms with Gasteiger partial charge in [-0.05, 0) is 36.8 Å². The molecule has 2 rings (SSSR count). The highest BCUT2D eigenvalue weighted by molar-refractivity contribution is 5.94. The molecule has 0 aliphatic heterocycles. The first-order valence-corrected chi connectivity index (χ1v) is 9.05. The van der Waals surface area contributed by atoms with E-state index in [1.165, 1.54) is 24.3 Å². The number of anilines is 2. The van der Waals surface area contributed by atoms with Crippen LogP contribution in [0.15, 0.2) is 48.5 Å². The van der Waals surface area contributed by atoms with Crippen LogP contribution >= 0.6 is 0 Å². The largest absolute Gasteiger partial charge is 0.484 e. The van der Waals surface area contributed by atoms with Gasteiger partial charge in [0.1, 0.15) is 5.75 Å². The fourth-order valence-corrected chi connectivity index (χ4v) is 2.44. The number of nitro groups is 1. The normalized spacial score (nSPS) is 10.2. The van der Waals surface area contributed by atoms with E-state index in [4.69, 9.17) is 4.74 Å². The summed E-state index contributed by atoms with van der Waals surface area (Å²) in [4.78, 5) is 34.0. The third-order valence-electron chi connectivity index (χ3n) is 3.85. The van der Waals surface area contributed by atoms with Gasteiger partial charge in [-0.1, -0.05) is 25.8 Å². The smallest absolute Gasteiger partial charge is 0.269 e. The number of carbonyl (C=O) groups is 2. The number of nitro benzene ring substituents is 1. The Kier molecular flexibility index (Phi) is 7.95. The molecule has 0 spiro atoms. The van der Waals surface area contributed by atoms with E-state index in [2.05, 4.69) is 17.6 Å². The van der Waals surface area contributed by atoms with Crippen molar-refractivity contribution in [2.75, 3.05) is 17.2 Å². The van der Waals surface area contributed by atoms with Gasteiger partial charge in [-0.2, -0.15) is 0 Å². The van der Waals surface area contributed by atoms with Gasteiger partial charge in [0.25, 0.3) is 11.6 Å². The molecule has 0 saturated carbocycles. The van der Waals surface area contributed by atoms with Gasteiger partial charge in [0, 0.05) is 29.9 Å². The van der Waals surface area contributed by atoms with E-state index in [1.807, 2.05) is 0 Å². The Morgan fingerprint density at radius 1 is 1.00 bits per heavy atom. The van der Waals surface area contributed by atoms with Crippen LogP contribution in [0.4, 0.5) is 17.1 Å². The zero-order valence-corrected chi connectivity index (χ0v) is 15.6. The molecule has 2 N–H and O–H groups in total. The van der Waals surface area contributed by atoms with Gasteiger partial charge in [0.2, 0.25) is 5.91 Å². The number of nitrogens with zero attached hydrogens (tertiary/aromatic N) is 1. The Labute approximate surface area is 163 Å². The summed E-state index contributed by atoms with van der Waals surface area (Å²) in [6.07, 6.45) is 3.38. The molecule has 0 saturated heterocycles. The lowest BCUT2D eigenvalue weighted by atomic mass is 10.2. The molecule has 2 amide bonds. The van der Waals surface area contributed by atoms with Crippen molar-refractivity contribution in [2.45, 2.75) is 32.6 Å². The summed E-state index contributed by atoms with van der Waals surface area (Å²) in [7, 11) is 0. The van der Waals surface area contributed by atoms with Gasteiger partial charge < -0.3 is 15.4 Å². The van der Waals surface area contributed by atoms with Crippen LogP contribution in [0.25, 0.3) is 0 Å². The maximum Gasteiger partial charge on any atom is 0.269 e. The van der Waals surface area contributed by atoms with Crippen LogP contribution in [-0.4, -0.2) is 23.3 Å². The Hall–Kier alpha value is -3.42. The number of amides is 2. The van der Waals surface area contributed by atoms with Crippen LogP contribution < -0.4 is 15.4 Å². The van der Waals surface area contributed by atoms with E-state index < -0.39 is 4.92 Å². The van der Waals surface area contributed by atoms with Crippen LogP contribution in [0.3, 0.4) is 0 Å². The first kappa shape index (κ1) is 20.9. The molecule has 2 aromatic rings. The highest BCUT2D eigenvalue weighted by atomic mass is 16.6. The van der Waals surface area contributed by atoms with Crippen molar-refractivity contribution in [2.24, 2.45) is 0 Å². The Morgan fingerprint density at radius 3 is 2.25 bits per heavy atom. The number of hydrogen-bond acceptors (Lipinski definition) is 5. The van der Waals surface area contributed by atoms with Crippen molar-refractivity contribution >= 4 is 28.9 Å². The second kappa shape index (κ2) is 10.7. The molecule has 0 fully saturated rings. The number of benzene rings is 2. The monoisotopic (exact) mass is 385 g/mol. The van der Waals surface area contributed by atoms with E-state index in [9.17, 15) is 19.7 Å². The molecule has 0 aromatic heterocycles. The first-order chi connectivity index (χ1) is 13.5. The van der Waals surface area contributed by atoms with Gasteiger partial charge >= 0.3 is 0 Å². The minimum absolute atomic E-state index is 0.0506. The van der Waals surface area contributed by atoms with Crippen LogP contribution in [0.5, 0.6) is 5.75 Å². The first-order valence-electron chi connectivity index (χ1n) is 9.05. The SMILES string of the molecule is CCCCCC(=O)Nc1cccc(NC(=O)COc2ccc([N+](=O)[O-])cc2)c1. The molecule has 8 nitrogen and oxygen atoms in total. The average molecular weight is 385 g/mol. The maximum absolute atomic E-state index is 12.0. The van der Waals surface area contributed by atoms with Crippen LogP contribution in [0.2, 0.25) is 0 Å². The molecule has 2 aromatic carbocycles. The van der Waals surface area contributed by atoms with Crippen molar-refractivity contribution in [3.63, 3.8) is 0 Å². The highest BCUT2D eigenvalue weighted by Gasteiger charge is 2.08. The van der Waals surface area contributed by atoms with E-state index >= 15 is 0 Å². The van der Waals surface area contributed by atoms with Gasteiger partial charge in [0.05, 0.1) is 4.92 Å². The van der Waals surface area contributed by atoms with E-state index in [0.717, 1.165) is 19.3 Å². The number of unbranched alkanes of at least 4 members (excludes halogenated alkanes) is 2. The van der Waals surface area contributed by atoms with Crippen LogP contribution in [0.1, 0.15) is 32.6 Å². The minimum atomic E-state index is -0.508. The van der Waals surface area contributed by atoms with Crippen molar-refractivity contribution in [1.82, 2.24) is 0 Å². The fraction of sp³-hybridized carbons (Fsp3) is 0.300. The predicted octanol–water partition coefficient (Wildman–Crippen LogP) is 4.13. The molecule has 0 atom stereocenters. The number of nitrogens with one attached hydrogen (secondary N) is 2. The van der Waals surface area contributed by atoms with Gasteiger partial charge in [-0.3, -0.25) is 19.7 Å². The average Bonchev–Trinajstić information content (AvgIpc) is 2.67. The lowest BCUT2D eigenvalue weighted by Gasteiger charge is -2.10. The molecule has 0 heterocycles. The molecule has 0 aliphatic rings. The molecular weight excluding hydrogens is 362 g/mol. The molecule has 0 aliphatic carbocycles. The summed E-state index contributed by atoms with van der Waals surface area (Å²) in [6, 6.07) is 12.3. The van der Waals surface area contributed by atoms with E-state index in [-0.39, 0.29) is 24.1 Å². The quantitative estimate of drug-likeness (QED) is 0.363. The van der Waals surface area contributed by atoms with Crippen LogP contribution in [0, 0.1) is 10.1 Å². The predicted molar refractivity (Wildman–Crippen MR) is 106 cm³/mol. The lowest BCUT2D eigenvalue weighted by molar-refractivity contribution is -0.384. The van der Waals surface area contributed by atoms with Crippen molar-refractivity contribution in [1.29, 1.82) is 0 Å². The van der Waals surface area contributed by atoms with Crippen molar-refractivity contribution < 1.29 is 19.2 Å². The minimum Gasteiger partial charge on any atom is -0.484 e. The summed E-state index contributed by atoms with van der Waals surface area (Å²) in [5.74, 6) is -0.0861. The number of ether oxygens (including phenoxy) is 1. The number of carbonyl (C=O) groups excluding carboxylic acids is 2. The Bertz CT molecular complexity index is 821. The molecule has 0 unspecified atom stereocenters. The van der Waals surface area contributed by atoms with Crippen LogP contribution in [-0.2, 0) is 9.59 Å². The second-order valence-corrected chi connectivity index (χ2v) is 6.17. The van der Waals surface area contributed by atoms with Crippen molar-refractivity contribution in [3.05, 3.63) is 58.6 Å². The van der Waals surface area contributed by atoms with Gasteiger partial charge in [-0.15, -0.1) is 0 Å². The standard InChI is InChI=1S/C20H23N3O5/c1-2-3-4-8-19(24)21-15-6-5-7-16(13-15)22-20(25)14-28-18-11-9-17(10-12-18)23(26)27/h5-7,9-13H,2-4,8,14H2,1H3,(H,21,24)(H,22,25). The fourth-order valence-electron chi connectivity index (χ4n) is 2.44. The highest BCUT2D eigenvalue weighted by Crippen LogP contribution is 2.18. The summed E-state index contributed by atoms with van der Waals surface area (Å²) in [5, 5.41) is 16.1. The lowest BCUT2D eigenvalue weighted by Crippen LogP contribution is -2.20. The summed E-state index contributed by atoms with van der Waals surface area (Å²) in [6.45, 7) is 1.83. The van der Waals surface area contributed by atoms with E-state index in [1.54, 1.807) is 24.3 Å². The van der Waals surface area contributed by atoms with Gasteiger partial charge in [0.15, 0.2) is 6.61 Å². The molecule has 28 heavy (non-hydrogen) atoms. The topological polar surface area (TPSA) is 111 Å². The molecule has 148 valence electrons. The van der Waals surface area contributed by atoms with E-state index in [0.29, 0.717) is 23.5 Å². The van der Waals surface area contributed by atoms with Crippen molar-refractivity contribution in [3.8, 4) is 5.75 Å². The zero-order valence-electron chi connectivity index (χ0n) is 15.6. The molecule has 8 heteroatoms. The third kappa shape index (κ3) is 7.06. The molecule has 0 bridgehead atoms. The zero-order chi connectivity index (χ0) is 20.4. The third-order valence-corrected chi connectivity index (χ3v) is 3.85. The maximum atomic E-state index is 12.0. The second-order valence-electron chi connectivity index (χ2n) is 6.17. The number of hydrogen-bond donors (Lipinski definition) is 2. The number of rotatable bonds is 10. The molecule has 0 radical (unpaired) electrons. The Balaban J connectivity index is 1.83. The Morgan fingerprint density at radius 2 is 1.64 bits per heavy atom. The summed E-state index contributed by atoms with van der Waals surface area (Å²) < 4.78 is 5.32.